The quantitative estimate of drug-likeness (QED) is 0.521. The summed E-state index contributed by atoms with van der Waals surface area (Å²) >= 11 is 0. The molecule has 1 unspecified atom stereocenters. The zero-order valence-electron chi connectivity index (χ0n) is 16.7. The Morgan fingerprint density at radius 1 is 1.23 bits per heavy atom. The minimum Gasteiger partial charge on any atom is -0.497 e. The topological polar surface area (TPSA) is 58.1 Å². The Kier molecular flexibility index (Phi) is 8.54. The van der Waals surface area contributed by atoms with Crippen LogP contribution in [-0.4, -0.2) is 63.8 Å². The number of aliphatic imine (C=N–C) groups is 1. The molecule has 0 radical (unpaired) electrons. The second-order valence-corrected chi connectivity index (χ2v) is 6.50. The number of benzene rings is 1. The van der Waals surface area contributed by atoms with Gasteiger partial charge in [0.2, 0.25) is 0 Å². The number of nitrogens with one attached hydrogen (secondary N) is 2. The van der Waals surface area contributed by atoms with Gasteiger partial charge in [-0.05, 0) is 63.0 Å². The van der Waals surface area contributed by atoms with Gasteiger partial charge in [0.1, 0.15) is 11.5 Å². The Morgan fingerprint density at radius 2 is 2.08 bits per heavy atom. The summed E-state index contributed by atoms with van der Waals surface area (Å²) in [5.41, 5.74) is 1.13. The second kappa shape index (κ2) is 10.9. The van der Waals surface area contributed by atoms with E-state index in [0.29, 0.717) is 6.04 Å². The summed E-state index contributed by atoms with van der Waals surface area (Å²) in [4.78, 5) is 7.32. The summed E-state index contributed by atoms with van der Waals surface area (Å²) in [5.74, 6) is 2.62. The van der Waals surface area contributed by atoms with Crippen molar-refractivity contribution in [3.63, 3.8) is 0 Å². The van der Waals surface area contributed by atoms with Gasteiger partial charge in [0.15, 0.2) is 5.96 Å². The van der Waals surface area contributed by atoms with Crippen LogP contribution in [0.25, 0.3) is 0 Å². The van der Waals surface area contributed by atoms with Gasteiger partial charge in [-0.25, -0.2) is 0 Å². The summed E-state index contributed by atoms with van der Waals surface area (Å²) in [7, 11) is 3.38. The van der Waals surface area contributed by atoms with Gasteiger partial charge in [0.05, 0.1) is 20.8 Å². The molecule has 1 aliphatic rings. The average Bonchev–Trinajstić information content (AvgIpc) is 3.13. The van der Waals surface area contributed by atoms with Crippen LogP contribution in [0.1, 0.15) is 32.3 Å². The number of nitrogens with zero attached hydrogens (tertiary/aromatic N) is 2. The van der Waals surface area contributed by atoms with Crippen LogP contribution in [0.5, 0.6) is 11.5 Å². The van der Waals surface area contributed by atoms with E-state index >= 15 is 0 Å². The number of ether oxygens (including phenoxy) is 2. The van der Waals surface area contributed by atoms with E-state index in [1.807, 2.05) is 18.2 Å². The van der Waals surface area contributed by atoms with Crippen molar-refractivity contribution in [3.05, 3.63) is 23.8 Å². The van der Waals surface area contributed by atoms with Crippen LogP contribution in [0.2, 0.25) is 0 Å². The van der Waals surface area contributed by atoms with Gasteiger partial charge >= 0.3 is 0 Å². The lowest BCUT2D eigenvalue weighted by atomic mass is 10.1. The lowest BCUT2D eigenvalue weighted by Gasteiger charge is -2.21. The highest BCUT2D eigenvalue weighted by molar-refractivity contribution is 5.79. The zero-order chi connectivity index (χ0) is 18.8. The number of rotatable bonds is 9. The fourth-order valence-electron chi connectivity index (χ4n) is 3.45. The molecule has 2 rings (SSSR count). The first-order valence-electron chi connectivity index (χ1n) is 9.68. The molecule has 1 heterocycles. The fourth-order valence-corrected chi connectivity index (χ4v) is 3.45. The van der Waals surface area contributed by atoms with Gasteiger partial charge in [-0.15, -0.1) is 0 Å². The first-order chi connectivity index (χ1) is 12.7. The van der Waals surface area contributed by atoms with Gasteiger partial charge in [-0.2, -0.15) is 0 Å². The number of hydrogen-bond acceptors (Lipinski definition) is 4. The molecule has 1 aliphatic heterocycles. The van der Waals surface area contributed by atoms with Gasteiger partial charge in [-0.1, -0.05) is 6.92 Å². The Labute approximate surface area is 158 Å². The lowest BCUT2D eigenvalue weighted by Crippen LogP contribution is -2.40. The molecule has 6 heteroatoms. The van der Waals surface area contributed by atoms with Crippen LogP contribution >= 0.6 is 0 Å². The molecular weight excluding hydrogens is 328 g/mol. The molecule has 1 saturated heterocycles. The van der Waals surface area contributed by atoms with E-state index in [0.717, 1.165) is 55.6 Å². The number of likely N-dealkylation sites (N-methyl/N-ethyl adjacent to an activating group) is 1. The predicted molar refractivity (Wildman–Crippen MR) is 108 cm³/mol. The van der Waals surface area contributed by atoms with Crippen molar-refractivity contribution in [2.45, 2.75) is 39.2 Å². The van der Waals surface area contributed by atoms with E-state index in [1.54, 1.807) is 14.2 Å². The Bertz CT molecular complexity index is 577. The summed E-state index contributed by atoms with van der Waals surface area (Å²) < 4.78 is 10.8. The van der Waals surface area contributed by atoms with Crippen LogP contribution in [0.15, 0.2) is 23.2 Å². The van der Waals surface area contributed by atoms with Crippen molar-refractivity contribution < 1.29 is 9.47 Å². The van der Waals surface area contributed by atoms with Crippen LogP contribution < -0.4 is 20.1 Å². The Hall–Kier alpha value is -1.95. The third-order valence-corrected chi connectivity index (χ3v) is 4.88. The molecule has 1 fully saturated rings. The van der Waals surface area contributed by atoms with Gasteiger partial charge in [-0.3, -0.25) is 9.89 Å². The van der Waals surface area contributed by atoms with Gasteiger partial charge in [0, 0.05) is 19.1 Å². The maximum atomic E-state index is 5.45. The predicted octanol–water partition coefficient (Wildman–Crippen LogP) is 2.29. The summed E-state index contributed by atoms with van der Waals surface area (Å²) in [6.07, 6.45) is 3.38. The average molecular weight is 363 g/mol. The number of guanidine groups is 1. The van der Waals surface area contributed by atoms with Crippen LogP contribution in [0, 0.1) is 0 Å². The van der Waals surface area contributed by atoms with Gasteiger partial charge < -0.3 is 20.1 Å². The lowest BCUT2D eigenvalue weighted by molar-refractivity contribution is 0.273. The number of likely N-dealkylation sites (tertiary alicyclic amines) is 1. The minimum atomic E-state index is 0.578. The van der Waals surface area contributed by atoms with E-state index in [4.69, 9.17) is 14.5 Å². The van der Waals surface area contributed by atoms with E-state index in [2.05, 4.69) is 29.4 Å². The molecule has 1 atom stereocenters. The summed E-state index contributed by atoms with van der Waals surface area (Å²) in [6, 6.07) is 6.48. The second-order valence-electron chi connectivity index (χ2n) is 6.50. The monoisotopic (exact) mass is 362 g/mol. The summed E-state index contributed by atoms with van der Waals surface area (Å²) in [5, 5.41) is 6.78. The SMILES string of the molecule is CCNC(=NCC1CCCN1CC)NCCc1cc(OC)ccc1OC. The summed E-state index contributed by atoms with van der Waals surface area (Å²) in [6.45, 7) is 9.14. The highest BCUT2D eigenvalue weighted by Crippen LogP contribution is 2.24. The number of hydrogen-bond donors (Lipinski definition) is 2. The molecule has 0 saturated carbocycles. The van der Waals surface area contributed by atoms with E-state index < -0.39 is 0 Å². The van der Waals surface area contributed by atoms with Crippen molar-refractivity contribution in [2.24, 2.45) is 4.99 Å². The van der Waals surface area contributed by atoms with E-state index in [1.165, 1.54) is 19.4 Å². The fraction of sp³-hybridized carbons (Fsp3) is 0.650. The molecule has 1 aromatic carbocycles. The van der Waals surface area contributed by atoms with Crippen molar-refractivity contribution >= 4 is 5.96 Å². The molecule has 0 amide bonds. The Morgan fingerprint density at radius 3 is 2.77 bits per heavy atom. The third-order valence-electron chi connectivity index (χ3n) is 4.88. The van der Waals surface area contributed by atoms with E-state index in [-0.39, 0.29) is 0 Å². The number of methoxy groups -OCH3 is 2. The Balaban J connectivity index is 1.91. The maximum absolute atomic E-state index is 5.45. The molecule has 146 valence electrons. The molecular formula is C20H34N4O2. The highest BCUT2D eigenvalue weighted by Gasteiger charge is 2.22. The van der Waals surface area contributed by atoms with Crippen LogP contribution in [0.3, 0.4) is 0 Å². The molecule has 2 N–H and O–H groups in total. The molecule has 1 aromatic rings. The maximum Gasteiger partial charge on any atom is 0.191 e. The molecule has 26 heavy (non-hydrogen) atoms. The molecule has 6 nitrogen and oxygen atoms in total. The van der Waals surface area contributed by atoms with Crippen molar-refractivity contribution in [1.29, 1.82) is 0 Å². The van der Waals surface area contributed by atoms with Crippen LogP contribution in [0.4, 0.5) is 0 Å². The zero-order valence-corrected chi connectivity index (χ0v) is 16.7. The molecule has 0 spiro atoms. The first kappa shape index (κ1) is 20.4. The highest BCUT2D eigenvalue weighted by atomic mass is 16.5. The largest absolute Gasteiger partial charge is 0.497 e. The minimum absolute atomic E-state index is 0.578. The first-order valence-corrected chi connectivity index (χ1v) is 9.68. The van der Waals surface area contributed by atoms with Crippen molar-refractivity contribution in [2.75, 3.05) is 46.9 Å². The molecule has 0 bridgehead atoms. The standard InChI is InChI=1S/C20H34N4O2/c1-5-21-20(23-15-17-8-7-13-24(17)6-2)22-12-11-16-14-18(25-3)9-10-19(16)26-4/h9-10,14,17H,5-8,11-13,15H2,1-4H3,(H2,21,22,23). The smallest absolute Gasteiger partial charge is 0.191 e. The molecule has 0 aromatic heterocycles. The van der Waals surface area contributed by atoms with E-state index in [9.17, 15) is 0 Å². The van der Waals surface area contributed by atoms with Crippen molar-refractivity contribution in [1.82, 2.24) is 15.5 Å². The van der Waals surface area contributed by atoms with Crippen molar-refractivity contribution in [3.8, 4) is 11.5 Å². The van der Waals surface area contributed by atoms with Gasteiger partial charge in [0.25, 0.3) is 0 Å². The van der Waals surface area contributed by atoms with Crippen LogP contribution in [-0.2, 0) is 6.42 Å². The normalized spacial score (nSPS) is 18.0. The molecule has 0 aliphatic carbocycles. The third kappa shape index (κ3) is 5.80.